The second-order valence-electron chi connectivity index (χ2n) is 12.8. The molecular weight excluding hydrogens is 590 g/mol. The number of nitrogens with zero attached hydrogens (tertiary/aromatic N) is 1. The third-order valence-electron chi connectivity index (χ3n) is 7.77. The first kappa shape index (κ1) is 36.7. The first-order valence-corrected chi connectivity index (χ1v) is 16.4. The van der Waals surface area contributed by atoms with Crippen LogP contribution in [0.4, 0.5) is 10.5 Å². The van der Waals surface area contributed by atoms with Crippen LogP contribution in [0.5, 0.6) is 5.75 Å². The van der Waals surface area contributed by atoms with Gasteiger partial charge in [-0.15, -0.1) is 6.42 Å². The SMILES string of the molecule is C#Cc1ccccc1C(C(=O)Nc1ccccc1C)N(CCCCCCCC)C(=O)C(Cc1ccc(O)cc1)NC(=O)OC(C)(C)C. The molecule has 47 heavy (non-hydrogen) atoms. The molecule has 2 atom stereocenters. The van der Waals surface area contributed by atoms with Gasteiger partial charge in [-0.25, -0.2) is 4.79 Å². The summed E-state index contributed by atoms with van der Waals surface area (Å²) in [7, 11) is 0. The van der Waals surface area contributed by atoms with Gasteiger partial charge in [0.25, 0.3) is 5.91 Å². The highest BCUT2D eigenvalue weighted by Gasteiger charge is 2.37. The number of terminal acetylenes is 1. The van der Waals surface area contributed by atoms with E-state index in [4.69, 9.17) is 11.2 Å². The summed E-state index contributed by atoms with van der Waals surface area (Å²) in [6.07, 6.45) is 11.1. The van der Waals surface area contributed by atoms with Crippen molar-refractivity contribution in [2.75, 3.05) is 11.9 Å². The maximum atomic E-state index is 14.8. The minimum atomic E-state index is -1.09. The van der Waals surface area contributed by atoms with Gasteiger partial charge in [-0.1, -0.05) is 93.5 Å². The van der Waals surface area contributed by atoms with Gasteiger partial charge in [0.05, 0.1) is 0 Å². The van der Waals surface area contributed by atoms with Crippen LogP contribution in [-0.4, -0.2) is 46.1 Å². The van der Waals surface area contributed by atoms with Gasteiger partial charge in [0.15, 0.2) is 0 Å². The van der Waals surface area contributed by atoms with Crippen molar-refractivity contribution in [3.05, 3.63) is 95.1 Å². The molecule has 0 aromatic heterocycles. The molecule has 3 aromatic carbocycles. The zero-order valence-electron chi connectivity index (χ0n) is 28.3. The summed E-state index contributed by atoms with van der Waals surface area (Å²) in [5.74, 6) is 1.91. The lowest BCUT2D eigenvalue weighted by Crippen LogP contribution is -2.53. The highest BCUT2D eigenvalue weighted by Crippen LogP contribution is 2.29. The molecule has 250 valence electrons. The number of ether oxygens (including phenoxy) is 1. The summed E-state index contributed by atoms with van der Waals surface area (Å²) in [5.41, 5.74) is 2.42. The average molecular weight is 640 g/mol. The number of phenols is 1. The summed E-state index contributed by atoms with van der Waals surface area (Å²) in [6.45, 7) is 9.56. The Morgan fingerprint density at radius 2 is 1.55 bits per heavy atom. The average Bonchev–Trinajstić information content (AvgIpc) is 3.02. The first-order valence-electron chi connectivity index (χ1n) is 16.4. The molecule has 8 heteroatoms. The van der Waals surface area contributed by atoms with Gasteiger partial charge in [0.1, 0.15) is 23.4 Å². The highest BCUT2D eigenvalue weighted by molar-refractivity contribution is 5.99. The van der Waals surface area contributed by atoms with E-state index in [1.807, 2.05) is 31.2 Å². The smallest absolute Gasteiger partial charge is 0.408 e. The van der Waals surface area contributed by atoms with E-state index in [9.17, 15) is 19.5 Å². The number of anilines is 1. The quantitative estimate of drug-likeness (QED) is 0.117. The molecule has 0 radical (unpaired) electrons. The Hall–Kier alpha value is -4.77. The minimum Gasteiger partial charge on any atom is -0.508 e. The number of nitrogens with one attached hydrogen (secondary N) is 2. The Bertz CT molecular complexity index is 1520. The van der Waals surface area contributed by atoms with Crippen LogP contribution in [0.1, 0.15) is 94.5 Å². The summed E-state index contributed by atoms with van der Waals surface area (Å²) < 4.78 is 5.55. The van der Waals surface area contributed by atoms with Crippen molar-refractivity contribution in [1.82, 2.24) is 10.2 Å². The van der Waals surface area contributed by atoms with E-state index < -0.39 is 35.6 Å². The number of hydrogen-bond acceptors (Lipinski definition) is 5. The van der Waals surface area contributed by atoms with Crippen LogP contribution in [0, 0.1) is 19.3 Å². The largest absolute Gasteiger partial charge is 0.508 e. The van der Waals surface area contributed by atoms with Crippen LogP contribution < -0.4 is 10.6 Å². The summed E-state index contributed by atoms with van der Waals surface area (Å²) >= 11 is 0. The third-order valence-corrected chi connectivity index (χ3v) is 7.77. The number of unbranched alkanes of at least 4 members (excludes halogenated alkanes) is 5. The molecule has 3 amide bonds. The Kier molecular flexibility index (Phi) is 13.9. The summed E-state index contributed by atoms with van der Waals surface area (Å²) in [5, 5.41) is 15.7. The molecule has 0 aliphatic carbocycles. The van der Waals surface area contributed by atoms with Crippen LogP contribution in [-0.2, 0) is 20.7 Å². The third kappa shape index (κ3) is 11.5. The predicted octanol–water partition coefficient (Wildman–Crippen LogP) is 7.69. The topological polar surface area (TPSA) is 108 Å². The van der Waals surface area contributed by atoms with Gasteiger partial charge in [-0.3, -0.25) is 9.59 Å². The predicted molar refractivity (Wildman–Crippen MR) is 187 cm³/mol. The zero-order chi connectivity index (χ0) is 34.4. The number of benzene rings is 3. The standard InChI is InChI=1S/C39H49N3O5/c1-7-9-10-11-12-17-26-42(37(45)34(41-38(46)47-39(4,5)6)27-29-22-24-31(43)25-23-29)35(32-20-15-14-19-30(32)8-2)36(44)40-33-21-16-13-18-28(33)3/h2,13-16,18-25,34-35,43H,7,9-12,17,26-27H2,1,3-6H3,(H,40,44)(H,41,46). The molecule has 0 spiro atoms. The molecule has 0 saturated heterocycles. The summed E-state index contributed by atoms with van der Waals surface area (Å²) in [6, 6.07) is 18.8. The van der Waals surface area contributed by atoms with E-state index >= 15 is 0 Å². The van der Waals surface area contributed by atoms with Crippen LogP contribution in [0.2, 0.25) is 0 Å². The van der Waals surface area contributed by atoms with Gasteiger partial charge >= 0.3 is 6.09 Å². The van der Waals surface area contributed by atoms with Crippen LogP contribution in [0.25, 0.3) is 0 Å². The molecule has 3 N–H and O–H groups in total. The molecular formula is C39H49N3O5. The fourth-order valence-electron chi connectivity index (χ4n) is 5.38. The Morgan fingerprint density at radius 3 is 2.21 bits per heavy atom. The molecule has 0 aliphatic rings. The Labute approximate surface area is 279 Å². The number of aryl methyl sites for hydroxylation is 1. The van der Waals surface area contributed by atoms with E-state index in [1.165, 1.54) is 12.1 Å². The lowest BCUT2D eigenvalue weighted by Gasteiger charge is -2.35. The van der Waals surface area contributed by atoms with E-state index in [-0.39, 0.29) is 18.7 Å². The number of carbonyl (C=O) groups excluding carboxylic acids is 3. The van der Waals surface area contributed by atoms with Gasteiger partial charge in [0.2, 0.25) is 5.91 Å². The van der Waals surface area contributed by atoms with Crippen molar-refractivity contribution >= 4 is 23.6 Å². The normalized spacial score (nSPS) is 12.3. The van der Waals surface area contributed by atoms with Crippen molar-refractivity contribution < 1.29 is 24.2 Å². The maximum absolute atomic E-state index is 14.8. The first-order chi connectivity index (χ1) is 22.4. The van der Waals surface area contributed by atoms with Crippen molar-refractivity contribution in [3.63, 3.8) is 0 Å². The molecule has 3 aromatic rings. The number of carbonyl (C=O) groups is 3. The number of phenolic OH excluding ortho intramolecular Hbond substituents is 1. The fourth-order valence-corrected chi connectivity index (χ4v) is 5.38. The second-order valence-corrected chi connectivity index (χ2v) is 12.8. The van der Waals surface area contributed by atoms with E-state index in [0.29, 0.717) is 28.8 Å². The second kappa shape index (κ2) is 17.8. The Morgan fingerprint density at radius 1 is 0.915 bits per heavy atom. The van der Waals surface area contributed by atoms with E-state index in [0.717, 1.165) is 37.7 Å². The van der Waals surface area contributed by atoms with Gasteiger partial charge < -0.3 is 25.4 Å². The van der Waals surface area contributed by atoms with E-state index in [2.05, 4.69) is 23.5 Å². The van der Waals surface area contributed by atoms with Gasteiger partial charge in [-0.05, 0) is 75.1 Å². The molecule has 0 aliphatic heterocycles. The molecule has 8 nitrogen and oxygen atoms in total. The zero-order valence-corrected chi connectivity index (χ0v) is 28.3. The van der Waals surface area contributed by atoms with Crippen molar-refractivity contribution in [1.29, 1.82) is 0 Å². The summed E-state index contributed by atoms with van der Waals surface area (Å²) in [4.78, 5) is 43.8. The number of alkyl carbamates (subject to hydrolysis) is 1. The molecule has 0 saturated carbocycles. The van der Waals surface area contributed by atoms with Crippen LogP contribution in [0.3, 0.4) is 0 Å². The number of hydrogen-bond donors (Lipinski definition) is 3. The highest BCUT2D eigenvalue weighted by atomic mass is 16.6. The maximum Gasteiger partial charge on any atom is 0.408 e. The number of rotatable bonds is 15. The Balaban J connectivity index is 2.10. The molecule has 2 unspecified atom stereocenters. The van der Waals surface area contributed by atoms with Crippen LogP contribution >= 0.6 is 0 Å². The number of aromatic hydroxyl groups is 1. The lowest BCUT2D eigenvalue weighted by molar-refractivity contribution is -0.140. The monoisotopic (exact) mass is 639 g/mol. The van der Waals surface area contributed by atoms with Gasteiger partial charge in [-0.2, -0.15) is 0 Å². The van der Waals surface area contributed by atoms with Crippen molar-refractivity contribution in [2.45, 2.75) is 97.2 Å². The number of para-hydroxylation sites is 1. The minimum absolute atomic E-state index is 0.0836. The molecule has 0 fully saturated rings. The van der Waals surface area contributed by atoms with E-state index in [1.54, 1.807) is 62.1 Å². The molecule has 0 heterocycles. The number of amides is 3. The van der Waals surface area contributed by atoms with Crippen molar-refractivity contribution in [3.8, 4) is 18.1 Å². The van der Waals surface area contributed by atoms with Crippen LogP contribution in [0.15, 0.2) is 72.8 Å². The van der Waals surface area contributed by atoms with Crippen molar-refractivity contribution in [2.24, 2.45) is 0 Å². The van der Waals surface area contributed by atoms with Gasteiger partial charge in [0, 0.05) is 24.2 Å². The molecule has 3 rings (SSSR count). The fraction of sp³-hybridized carbons (Fsp3) is 0.410. The molecule has 0 bridgehead atoms. The lowest BCUT2D eigenvalue weighted by atomic mass is 9.96.